The van der Waals surface area contributed by atoms with Crippen molar-refractivity contribution in [3.8, 4) is 11.4 Å². The van der Waals surface area contributed by atoms with Gasteiger partial charge in [0.1, 0.15) is 6.04 Å². The number of hydrogen-bond donors (Lipinski definition) is 3. The first-order chi connectivity index (χ1) is 14.1. The summed E-state index contributed by atoms with van der Waals surface area (Å²) in [6, 6.07) is 7.15. The molecular weight excluding hydrogens is 368 g/mol. The minimum absolute atomic E-state index is 0.154. The van der Waals surface area contributed by atoms with Crippen LogP contribution in [0.4, 0.5) is 0 Å². The summed E-state index contributed by atoms with van der Waals surface area (Å²) in [7, 11) is 0. The molecule has 1 aliphatic heterocycles. The maximum atomic E-state index is 12.3. The summed E-state index contributed by atoms with van der Waals surface area (Å²) in [6.07, 6.45) is 7.31. The van der Waals surface area contributed by atoms with Gasteiger partial charge in [-0.25, -0.2) is 0 Å². The van der Waals surface area contributed by atoms with E-state index in [-0.39, 0.29) is 11.9 Å². The van der Waals surface area contributed by atoms with Crippen molar-refractivity contribution in [2.75, 3.05) is 6.54 Å². The van der Waals surface area contributed by atoms with Crippen LogP contribution in [0.25, 0.3) is 11.4 Å². The van der Waals surface area contributed by atoms with E-state index < -0.39 is 12.1 Å². The van der Waals surface area contributed by atoms with Crippen LogP contribution in [-0.4, -0.2) is 39.8 Å². The average Bonchev–Trinajstić information content (AvgIpc) is 3.48. The van der Waals surface area contributed by atoms with Gasteiger partial charge in [0.2, 0.25) is 17.6 Å². The highest BCUT2D eigenvalue weighted by Gasteiger charge is 2.31. The van der Waals surface area contributed by atoms with Crippen molar-refractivity contribution >= 4 is 5.91 Å². The van der Waals surface area contributed by atoms with Crippen LogP contribution in [0.5, 0.6) is 0 Å². The van der Waals surface area contributed by atoms with Crippen molar-refractivity contribution in [3.05, 3.63) is 35.7 Å². The van der Waals surface area contributed by atoms with Gasteiger partial charge in [-0.05, 0) is 37.8 Å². The highest BCUT2D eigenvalue weighted by atomic mass is 16.5. The van der Waals surface area contributed by atoms with Gasteiger partial charge in [0.05, 0.1) is 12.1 Å². The Balaban J connectivity index is 1.33. The van der Waals surface area contributed by atoms with Crippen LogP contribution in [0.1, 0.15) is 62.9 Å². The largest absolute Gasteiger partial charge is 0.391 e. The summed E-state index contributed by atoms with van der Waals surface area (Å²) in [5.41, 5.74) is 1.88. The smallest absolute Gasteiger partial charge is 0.240 e. The summed E-state index contributed by atoms with van der Waals surface area (Å²) < 4.78 is 5.43. The van der Waals surface area contributed by atoms with Crippen molar-refractivity contribution in [1.29, 1.82) is 0 Å². The molecule has 2 heterocycles. The van der Waals surface area contributed by atoms with E-state index in [0.29, 0.717) is 24.7 Å². The Morgan fingerprint density at radius 1 is 1.28 bits per heavy atom. The summed E-state index contributed by atoms with van der Waals surface area (Å²) in [5.74, 6) is 1.95. The Labute approximate surface area is 171 Å². The minimum atomic E-state index is -0.620. The number of aryl methyl sites for hydroxylation is 1. The van der Waals surface area contributed by atoms with Crippen LogP contribution < -0.4 is 10.6 Å². The molecule has 7 nitrogen and oxygen atoms in total. The van der Waals surface area contributed by atoms with Gasteiger partial charge in [-0.15, -0.1) is 0 Å². The predicted molar refractivity (Wildman–Crippen MR) is 109 cm³/mol. The topological polar surface area (TPSA) is 100 Å². The van der Waals surface area contributed by atoms with Crippen LogP contribution >= 0.6 is 0 Å². The molecule has 1 aromatic carbocycles. The van der Waals surface area contributed by atoms with E-state index in [1.807, 2.05) is 31.2 Å². The fourth-order valence-corrected chi connectivity index (χ4v) is 4.36. The maximum Gasteiger partial charge on any atom is 0.240 e. The molecule has 1 unspecified atom stereocenters. The molecule has 3 N–H and O–H groups in total. The number of rotatable bonds is 7. The van der Waals surface area contributed by atoms with Gasteiger partial charge in [0.15, 0.2) is 0 Å². The summed E-state index contributed by atoms with van der Waals surface area (Å²) in [6.45, 7) is 2.60. The van der Waals surface area contributed by atoms with Crippen molar-refractivity contribution in [1.82, 2.24) is 20.8 Å². The lowest BCUT2D eigenvalue weighted by Crippen LogP contribution is -2.46. The molecule has 156 valence electrons. The molecule has 1 saturated heterocycles. The van der Waals surface area contributed by atoms with Crippen molar-refractivity contribution in [3.63, 3.8) is 0 Å². The number of nitrogens with one attached hydrogen (secondary N) is 2. The second-order valence-corrected chi connectivity index (χ2v) is 8.34. The van der Waals surface area contributed by atoms with E-state index in [2.05, 4.69) is 20.8 Å². The molecule has 3 atom stereocenters. The molecular formula is C22H30N4O3. The number of aliphatic hydroxyl groups excluding tert-OH is 1. The maximum absolute atomic E-state index is 12.3. The van der Waals surface area contributed by atoms with Gasteiger partial charge >= 0.3 is 0 Å². The zero-order chi connectivity index (χ0) is 20.2. The highest BCUT2D eigenvalue weighted by Crippen LogP contribution is 2.29. The van der Waals surface area contributed by atoms with Crippen LogP contribution in [-0.2, 0) is 11.2 Å². The molecule has 1 saturated carbocycles. The number of carbonyl (C=O) groups is 1. The third-order valence-corrected chi connectivity index (χ3v) is 6.21. The van der Waals surface area contributed by atoms with Gasteiger partial charge in [0.25, 0.3) is 0 Å². The zero-order valence-corrected chi connectivity index (χ0v) is 16.9. The fraction of sp³-hybridized carbons (Fsp3) is 0.591. The Morgan fingerprint density at radius 3 is 2.72 bits per heavy atom. The van der Waals surface area contributed by atoms with Crippen LogP contribution in [0, 0.1) is 5.92 Å². The number of aliphatic hydroxyl groups is 1. The Hall–Kier alpha value is -2.25. The first kappa shape index (κ1) is 20.0. The summed E-state index contributed by atoms with van der Waals surface area (Å²) in [4.78, 5) is 16.9. The first-order valence-corrected chi connectivity index (χ1v) is 10.7. The molecule has 1 amide bonds. The van der Waals surface area contributed by atoms with Gasteiger partial charge in [-0.3, -0.25) is 4.79 Å². The molecule has 0 bridgehead atoms. The number of carbonyl (C=O) groups excluding carboxylic acids is 1. The van der Waals surface area contributed by atoms with Crippen LogP contribution in [0.2, 0.25) is 0 Å². The molecule has 2 aromatic rings. The van der Waals surface area contributed by atoms with Gasteiger partial charge in [-0.2, -0.15) is 4.98 Å². The van der Waals surface area contributed by atoms with E-state index in [9.17, 15) is 9.90 Å². The summed E-state index contributed by atoms with van der Waals surface area (Å²) in [5, 5.41) is 20.0. The highest BCUT2D eigenvalue weighted by molar-refractivity contribution is 5.83. The molecule has 29 heavy (non-hydrogen) atoms. The number of amides is 1. The zero-order valence-electron chi connectivity index (χ0n) is 16.9. The van der Waals surface area contributed by atoms with Gasteiger partial charge < -0.3 is 20.3 Å². The lowest BCUT2D eigenvalue weighted by molar-refractivity contribution is -0.125. The average molecular weight is 399 g/mol. The Bertz CT molecular complexity index is 814. The Kier molecular flexibility index (Phi) is 6.25. The van der Waals surface area contributed by atoms with Crippen molar-refractivity contribution < 1.29 is 14.4 Å². The van der Waals surface area contributed by atoms with E-state index in [0.717, 1.165) is 29.9 Å². The molecule has 2 aliphatic rings. The number of nitrogens with zero attached hydrogens (tertiary/aromatic N) is 2. The molecule has 7 heteroatoms. The third-order valence-electron chi connectivity index (χ3n) is 6.21. The second kappa shape index (κ2) is 9.05. The van der Waals surface area contributed by atoms with Crippen molar-refractivity contribution in [2.24, 2.45) is 5.92 Å². The number of benzene rings is 1. The lowest BCUT2D eigenvalue weighted by Gasteiger charge is -2.19. The van der Waals surface area contributed by atoms with Crippen LogP contribution in [0.15, 0.2) is 28.8 Å². The fourth-order valence-electron chi connectivity index (χ4n) is 4.36. The van der Waals surface area contributed by atoms with Crippen LogP contribution in [0.3, 0.4) is 0 Å². The standard InChI is InChI=1S/C22H30N4O3/c1-14(24-22(28)20-18(27)12-13-23-20)16-7-9-17(10-8-16)21-25-19(29-26-21)11-6-15-4-2-3-5-15/h7-10,14-15,18,20,23,27H,2-6,11-13H2,1H3,(H,24,28)/t14?,18-,20-/m0/s1. The minimum Gasteiger partial charge on any atom is -0.391 e. The van der Waals surface area contributed by atoms with E-state index in [4.69, 9.17) is 4.52 Å². The first-order valence-electron chi connectivity index (χ1n) is 10.7. The molecule has 1 aliphatic carbocycles. The van der Waals surface area contributed by atoms with E-state index >= 15 is 0 Å². The SMILES string of the molecule is CC(NC(=O)[C@H]1NCC[C@@H]1O)c1ccc(-c2noc(CCC3CCCC3)n2)cc1. The molecule has 0 radical (unpaired) electrons. The molecule has 0 spiro atoms. The summed E-state index contributed by atoms with van der Waals surface area (Å²) >= 11 is 0. The molecule has 4 rings (SSSR count). The quantitative estimate of drug-likeness (QED) is 0.663. The molecule has 2 fully saturated rings. The number of aromatic nitrogens is 2. The lowest BCUT2D eigenvalue weighted by atomic mass is 10.0. The van der Waals surface area contributed by atoms with Gasteiger partial charge in [0, 0.05) is 12.0 Å². The number of hydrogen-bond acceptors (Lipinski definition) is 6. The second-order valence-electron chi connectivity index (χ2n) is 8.34. The van der Waals surface area contributed by atoms with Gasteiger partial charge in [-0.1, -0.05) is 55.1 Å². The molecule has 1 aromatic heterocycles. The van der Waals surface area contributed by atoms with E-state index in [1.165, 1.54) is 25.7 Å². The third kappa shape index (κ3) is 4.85. The Morgan fingerprint density at radius 2 is 2.03 bits per heavy atom. The predicted octanol–water partition coefficient (Wildman–Crippen LogP) is 2.76. The normalized spacial score (nSPS) is 23.4. The van der Waals surface area contributed by atoms with Crippen molar-refractivity contribution in [2.45, 2.75) is 70.1 Å². The van der Waals surface area contributed by atoms with E-state index in [1.54, 1.807) is 0 Å². The monoisotopic (exact) mass is 398 g/mol.